The molecule has 0 bridgehead atoms. The summed E-state index contributed by atoms with van der Waals surface area (Å²) in [7, 11) is 9.30. The summed E-state index contributed by atoms with van der Waals surface area (Å²) in [4.78, 5) is 12.8. The average molecular weight is 462 g/mol. The lowest BCUT2D eigenvalue weighted by Crippen LogP contribution is -2.29. The van der Waals surface area contributed by atoms with Gasteiger partial charge in [-0.3, -0.25) is 0 Å². The van der Waals surface area contributed by atoms with E-state index in [1.165, 1.54) is 6.33 Å². The molecule has 1 heterocycles. The fourth-order valence-electron chi connectivity index (χ4n) is 3.33. The Morgan fingerprint density at radius 3 is 2.29 bits per heavy atom. The van der Waals surface area contributed by atoms with Gasteiger partial charge in [0, 0.05) is 38.0 Å². The number of methoxy groups -OCH3 is 2. The number of aromatic nitrogens is 2. The number of ether oxygens (including phenoxy) is 2. The van der Waals surface area contributed by atoms with Crippen molar-refractivity contribution < 1.29 is 9.47 Å². The molecule has 0 aliphatic carbocycles. The highest BCUT2D eigenvalue weighted by Gasteiger charge is 2.13. The first-order valence-electron chi connectivity index (χ1n) is 10.7. The topological polar surface area (TPSA) is 101 Å². The average Bonchev–Trinajstić information content (AvgIpc) is 2.82. The van der Waals surface area contributed by atoms with Crippen LogP contribution in [0.25, 0.3) is 0 Å². The van der Waals surface area contributed by atoms with E-state index in [2.05, 4.69) is 36.3 Å². The lowest BCUT2D eigenvalue weighted by Gasteiger charge is -2.24. The highest BCUT2D eigenvalue weighted by Crippen LogP contribution is 2.36. The van der Waals surface area contributed by atoms with Crippen molar-refractivity contribution >= 4 is 34.4 Å². The molecule has 34 heavy (non-hydrogen) atoms. The van der Waals surface area contributed by atoms with E-state index in [0.717, 1.165) is 24.5 Å². The van der Waals surface area contributed by atoms with E-state index in [0.29, 0.717) is 40.1 Å². The fourth-order valence-corrected chi connectivity index (χ4v) is 3.33. The van der Waals surface area contributed by atoms with Gasteiger partial charge in [0.05, 0.1) is 36.8 Å². The van der Waals surface area contributed by atoms with Gasteiger partial charge in [0.2, 0.25) is 0 Å². The molecule has 0 fully saturated rings. The zero-order valence-corrected chi connectivity index (χ0v) is 20.2. The maximum absolute atomic E-state index is 6.37. The lowest BCUT2D eigenvalue weighted by molar-refractivity contribution is 0.413. The first-order chi connectivity index (χ1) is 16.3. The number of likely N-dealkylation sites (N-methyl/N-ethyl adjacent to an activating group) is 2. The van der Waals surface area contributed by atoms with Crippen LogP contribution in [0.1, 0.15) is 5.56 Å². The van der Waals surface area contributed by atoms with Gasteiger partial charge in [0.25, 0.3) is 0 Å². The Hall–Kier alpha value is -4.16. The second kappa shape index (κ2) is 11.1. The number of anilines is 6. The van der Waals surface area contributed by atoms with Gasteiger partial charge in [-0.1, -0.05) is 5.92 Å². The van der Waals surface area contributed by atoms with E-state index in [1.807, 2.05) is 51.5 Å². The molecule has 3 aromatic rings. The summed E-state index contributed by atoms with van der Waals surface area (Å²) in [6.45, 7) is 1.74. The molecule has 3 rings (SSSR count). The first kappa shape index (κ1) is 24.5. The molecule has 0 spiro atoms. The van der Waals surface area contributed by atoms with Crippen LogP contribution in [0.2, 0.25) is 0 Å². The summed E-state index contributed by atoms with van der Waals surface area (Å²) < 4.78 is 10.9. The highest BCUT2D eigenvalue weighted by molar-refractivity contribution is 5.79. The van der Waals surface area contributed by atoms with Crippen molar-refractivity contribution in [3.05, 3.63) is 48.3 Å². The van der Waals surface area contributed by atoms with Gasteiger partial charge in [-0.2, -0.15) is 0 Å². The van der Waals surface area contributed by atoms with Crippen LogP contribution in [0, 0.1) is 12.3 Å². The second-order valence-electron chi connectivity index (χ2n) is 7.93. The van der Waals surface area contributed by atoms with Crippen LogP contribution in [-0.2, 0) is 0 Å². The van der Waals surface area contributed by atoms with Crippen molar-refractivity contribution in [1.29, 1.82) is 0 Å². The molecule has 9 heteroatoms. The zero-order valence-electron chi connectivity index (χ0n) is 20.2. The van der Waals surface area contributed by atoms with Crippen molar-refractivity contribution in [2.45, 2.75) is 0 Å². The van der Waals surface area contributed by atoms with Crippen molar-refractivity contribution in [1.82, 2.24) is 14.9 Å². The molecule has 4 N–H and O–H groups in total. The van der Waals surface area contributed by atoms with Crippen LogP contribution in [0.4, 0.5) is 34.4 Å². The van der Waals surface area contributed by atoms with Gasteiger partial charge in [0.1, 0.15) is 29.5 Å². The predicted octanol–water partition coefficient (Wildman–Crippen LogP) is 3.54. The molecule has 0 unspecified atom stereocenters. The summed E-state index contributed by atoms with van der Waals surface area (Å²) in [6, 6.07) is 11.0. The number of nitrogens with zero attached hydrogens (tertiary/aromatic N) is 4. The van der Waals surface area contributed by atoms with E-state index in [4.69, 9.17) is 21.6 Å². The summed E-state index contributed by atoms with van der Waals surface area (Å²) in [5.74, 6) is 5.09. The van der Waals surface area contributed by atoms with Crippen molar-refractivity contribution in [3.63, 3.8) is 0 Å². The number of nitrogens with one attached hydrogen (secondary N) is 2. The van der Waals surface area contributed by atoms with E-state index < -0.39 is 0 Å². The van der Waals surface area contributed by atoms with Crippen LogP contribution in [0.15, 0.2) is 42.7 Å². The number of benzene rings is 2. The quantitative estimate of drug-likeness (QED) is 0.309. The molecule has 0 radical (unpaired) electrons. The van der Waals surface area contributed by atoms with Gasteiger partial charge >= 0.3 is 0 Å². The Morgan fingerprint density at radius 1 is 0.941 bits per heavy atom. The molecule has 0 aliphatic rings. The summed E-state index contributed by atoms with van der Waals surface area (Å²) in [5.41, 5.74) is 10.0. The predicted molar refractivity (Wildman–Crippen MR) is 139 cm³/mol. The molecule has 9 nitrogen and oxygen atoms in total. The van der Waals surface area contributed by atoms with Gasteiger partial charge in [0.15, 0.2) is 0 Å². The van der Waals surface area contributed by atoms with Gasteiger partial charge in [-0.05, 0) is 38.4 Å². The van der Waals surface area contributed by atoms with Gasteiger partial charge in [-0.15, -0.1) is 6.42 Å². The summed E-state index contributed by atoms with van der Waals surface area (Å²) >= 11 is 0. The molecule has 2 aromatic carbocycles. The Bertz CT molecular complexity index is 1170. The third kappa shape index (κ3) is 5.99. The third-order valence-electron chi connectivity index (χ3n) is 5.20. The monoisotopic (exact) mass is 461 g/mol. The normalized spacial score (nSPS) is 10.5. The number of hydrogen-bond acceptors (Lipinski definition) is 9. The maximum atomic E-state index is 6.37. The van der Waals surface area contributed by atoms with Gasteiger partial charge in [-0.25, -0.2) is 9.97 Å². The minimum Gasteiger partial charge on any atom is -0.495 e. The SMILES string of the molecule is C#Cc1cc(Nc2cc(Nc3cc(N)c(N(C)CCN(C)C)cc3OC)ncn2)ccc1OC. The molecule has 0 saturated carbocycles. The first-order valence-corrected chi connectivity index (χ1v) is 10.7. The van der Waals surface area contributed by atoms with E-state index in [-0.39, 0.29) is 0 Å². The Labute approximate surface area is 200 Å². The van der Waals surface area contributed by atoms with Crippen LogP contribution < -0.4 is 30.7 Å². The van der Waals surface area contributed by atoms with Crippen LogP contribution >= 0.6 is 0 Å². The van der Waals surface area contributed by atoms with Crippen LogP contribution in [0.3, 0.4) is 0 Å². The number of hydrogen-bond donors (Lipinski definition) is 3. The van der Waals surface area contributed by atoms with Gasteiger partial charge < -0.3 is 35.6 Å². The van der Waals surface area contributed by atoms with E-state index in [9.17, 15) is 0 Å². The van der Waals surface area contributed by atoms with Crippen molar-refractivity contribution in [2.75, 3.05) is 69.7 Å². The zero-order chi connectivity index (χ0) is 24.7. The van der Waals surface area contributed by atoms with Crippen molar-refractivity contribution in [2.24, 2.45) is 0 Å². The number of rotatable bonds is 10. The third-order valence-corrected chi connectivity index (χ3v) is 5.20. The lowest BCUT2D eigenvalue weighted by atomic mass is 10.2. The molecule has 0 atom stereocenters. The van der Waals surface area contributed by atoms with Crippen molar-refractivity contribution in [3.8, 4) is 23.8 Å². The Balaban J connectivity index is 1.80. The highest BCUT2D eigenvalue weighted by atomic mass is 16.5. The standard InChI is InChI=1S/C25H31N7O2/c1-7-17-12-18(8-9-22(17)33-5)29-24-15-25(28-16-27-24)30-20-13-19(26)21(14-23(20)34-6)32(4)11-10-31(2)3/h1,8-9,12-16H,10-11,26H2,2-6H3,(H2,27,28,29,30). The molecular formula is C25H31N7O2. The van der Waals surface area contributed by atoms with E-state index >= 15 is 0 Å². The molecule has 0 aliphatic heterocycles. The summed E-state index contributed by atoms with van der Waals surface area (Å²) in [5, 5.41) is 6.51. The maximum Gasteiger partial charge on any atom is 0.144 e. The molecular weight excluding hydrogens is 430 g/mol. The number of nitrogen functional groups attached to an aromatic ring is 1. The Morgan fingerprint density at radius 2 is 1.65 bits per heavy atom. The van der Waals surface area contributed by atoms with Crippen LogP contribution in [-0.4, -0.2) is 63.3 Å². The molecule has 0 saturated heterocycles. The smallest absolute Gasteiger partial charge is 0.144 e. The second-order valence-corrected chi connectivity index (χ2v) is 7.93. The van der Waals surface area contributed by atoms with E-state index in [1.54, 1.807) is 20.3 Å². The number of terminal acetylenes is 1. The fraction of sp³-hybridized carbons (Fsp3) is 0.280. The minimum atomic E-state index is 0.578. The molecule has 1 aromatic heterocycles. The summed E-state index contributed by atoms with van der Waals surface area (Å²) in [6.07, 6.45) is 7.04. The largest absolute Gasteiger partial charge is 0.495 e. The number of nitrogens with two attached hydrogens (primary N) is 1. The Kier molecular flexibility index (Phi) is 8.01. The molecule has 0 amide bonds. The van der Waals surface area contributed by atoms with Crippen LogP contribution in [0.5, 0.6) is 11.5 Å². The molecule has 178 valence electrons. The minimum absolute atomic E-state index is 0.578.